The van der Waals surface area contributed by atoms with Gasteiger partial charge in [-0.15, -0.1) is 0 Å². The van der Waals surface area contributed by atoms with Gasteiger partial charge in [-0.1, -0.05) is 0 Å². The van der Waals surface area contributed by atoms with Gasteiger partial charge in [-0.25, -0.2) is 0 Å². The molecule has 0 spiro atoms. The molecular weight excluding hydrogens is 282 g/mol. The minimum atomic E-state index is -0.780. The quantitative estimate of drug-likeness (QED) is 0.618. The molecule has 0 unspecified atom stereocenters. The van der Waals surface area contributed by atoms with Crippen molar-refractivity contribution in [3.63, 3.8) is 0 Å². The molecule has 1 aromatic rings. The second kappa shape index (κ2) is 5.83. The molecular formula is C12H13N3O6. The molecule has 0 radical (unpaired) electrons. The molecule has 1 saturated carbocycles. The molecule has 0 heterocycles. The van der Waals surface area contributed by atoms with Crippen molar-refractivity contribution >= 4 is 17.3 Å². The number of carbonyl (C=O) groups excluding carboxylic acids is 1. The number of nitro groups is 2. The molecule has 1 aromatic carbocycles. The van der Waals surface area contributed by atoms with E-state index in [1.54, 1.807) is 0 Å². The van der Waals surface area contributed by atoms with Gasteiger partial charge in [0.25, 0.3) is 17.3 Å². The third-order valence-electron chi connectivity index (χ3n) is 3.16. The summed E-state index contributed by atoms with van der Waals surface area (Å²) < 4.78 is 0. The van der Waals surface area contributed by atoms with E-state index >= 15 is 0 Å². The summed E-state index contributed by atoms with van der Waals surface area (Å²) in [4.78, 5) is 33.8. The van der Waals surface area contributed by atoms with Crippen molar-refractivity contribution < 1.29 is 19.7 Å². The minimum absolute atomic E-state index is 0.0111. The molecule has 0 aromatic heterocycles. The fourth-order valence-corrected chi connectivity index (χ4v) is 2.04. The maximum Gasteiger partial charge on any atom is 0.277 e. The van der Waals surface area contributed by atoms with Gasteiger partial charge in [0.05, 0.1) is 28.1 Å². The van der Waals surface area contributed by atoms with Crippen molar-refractivity contribution in [2.24, 2.45) is 0 Å². The minimum Gasteiger partial charge on any atom is -0.395 e. The van der Waals surface area contributed by atoms with Crippen LogP contribution in [-0.2, 0) is 0 Å². The number of carbonyl (C=O) groups is 1. The number of rotatable bonds is 6. The fourth-order valence-electron chi connectivity index (χ4n) is 2.04. The van der Waals surface area contributed by atoms with Gasteiger partial charge in [-0.3, -0.25) is 25.0 Å². The summed E-state index contributed by atoms with van der Waals surface area (Å²) in [5, 5.41) is 30.6. The second-order valence-corrected chi connectivity index (χ2v) is 4.71. The highest BCUT2D eigenvalue weighted by atomic mass is 16.6. The molecule has 1 aliphatic rings. The van der Waals surface area contributed by atoms with E-state index in [4.69, 9.17) is 5.11 Å². The lowest BCUT2D eigenvalue weighted by molar-refractivity contribution is -0.394. The van der Waals surface area contributed by atoms with Crippen LogP contribution in [0, 0.1) is 20.2 Å². The Bertz CT molecular complexity index is 566. The number of benzene rings is 1. The topological polar surface area (TPSA) is 127 Å². The maximum atomic E-state index is 12.3. The van der Waals surface area contributed by atoms with Crippen LogP contribution < -0.4 is 0 Å². The number of hydrogen-bond acceptors (Lipinski definition) is 6. The van der Waals surface area contributed by atoms with Crippen molar-refractivity contribution in [2.45, 2.75) is 18.9 Å². The van der Waals surface area contributed by atoms with Crippen molar-refractivity contribution in [3.05, 3.63) is 44.0 Å². The molecule has 1 fully saturated rings. The van der Waals surface area contributed by atoms with Crippen LogP contribution in [0.4, 0.5) is 11.4 Å². The van der Waals surface area contributed by atoms with E-state index in [0.717, 1.165) is 31.0 Å². The first-order chi connectivity index (χ1) is 9.93. The molecule has 9 nitrogen and oxygen atoms in total. The molecule has 1 N–H and O–H groups in total. The third-order valence-corrected chi connectivity index (χ3v) is 3.16. The van der Waals surface area contributed by atoms with Gasteiger partial charge in [-0.2, -0.15) is 0 Å². The van der Waals surface area contributed by atoms with Crippen molar-refractivity contribution in [3.8, 4) is 0 Å². The van der Waals surface area contributed by atoms with Gasteiger partial charge in [0, 0.05) is 24.7 Å². The van der Waals surface area contributed by atoms with Gasteiger partial charge in [0.1, 0.15) is 0 Å². The summed E-state index contributed by atoms with van der Waals surface area (Å²) in [6.45, 7) is -0.140. The van der Waals surface area contributed by atoms with Crippen LogP contribution in [0.25, 0.3) is 0 Å². The Morgan fingerprint density at radius 2 is 1.71 bits per heavy atom. The summed E-state index contributed by atoms with van der Waals surface area (Å²) in [6, 6.07) is 2.83. The Kier molecular flexibility index (Phi) is 4.13. The van der Waals surface area contributed by atoms with Crippen LogP contribution >= 0.6 is 0 Å². The lowest BCUT2D eigenvalue weighted by Crippen LogP contribution is -2.35. The van der Waals surface area contributed by atoms with E-state index in [1.165, 1.54) is 4.90 Å². The summed E-state index contributed by atoms with van der Waals surface area (Å²) in [6.07, 6.45) is 1.59. The largest absolute Gasteiger partial charge is 0.395 e. The van der Waals surface area contributed by atoms with Crippen molar-refractivity contribution in [1.29, 1.82) is 0 Å². The van der Waals surface area contributed by atoms with Gasteiger partial charge in [-0.05, 0) is 12.8 Å². The number of nitro benzene ring substituents is 2. The van der Waals surface area contributed by atoms with Crippen molar-refractivity contribution in [1.82, 2.24) is 4.90 Å². The zero-order valence-corrected chi connectivity index (χ0v) is 11.0. The van der Waals surface area contributed by atoms with Crippen LogP contribution in [0.3, 0.4) is 0 Å². The average Bonchev–Trinajstić information content (AvgIpc) is 3.27. The molecule has 21 heavy (non-hydrogen) atoms. The smallest absolute Gasteiger partial charge is 0.277 e. The van der Waals surface area contributed by atoms with Gasteiger partial charge >= 0.3 is 0 Å². The predicted molar refractivity (Wildman–Crippen MR) is 70.9 cm³/mol. The van der Waals surface area contributed by atoms with Crippen LogP contribution in [-0.4, -0.2) is 45.0 Å². The van der Waals surface area contributed by atoms with E-state index in [2.05, 4.69) is 0 Å². The van der Waals surface area contributed by atoms with Crippen LogP contribution in [0.5, 0.6) is 0 Å². The third kappa shape index (κ3) is 3.31. The zero-order chi connectivity index (χ0) is 15.6. The SMILES string of the molecule is O=C(c1cc([N+](=O)[O-])cc([N+](=O)[O-])c1)N(CCO)C1CC1. The first-order valence-electron chi connectivity index (χ1n) is 6.29. The molecule has 2 rings (SSSR count). The lowest BCUT2D eigenvalue weighted by Gasteiger charge is -2.21. The molecule has 9 heteroatoms. The molecule has 1 aliphatic carbocycles. The Hall–Kier alpha value is -2.55. The molecule has 0 aliphatic heterocycles. The van der Waals surface area contributed by atoms with E-state index in [0.29, 0.717) is 0 Å². The van der Waals surface area contributed by atoms with E-state index in [-0.39, 0.29) is 24.8 Å². The number of aliphatic hydroxyl groups is 1. The summed E-state index contributed by atoms with van der Waals surface area (Å²) >= 11 is 0. The Morgan fingerprint density at radius 3 is 2.10 bits per heavy atom. The van der Waals surface area contributed by atoms with E-state index in [9.17, 15) is 25.0 Å². The van der Waals surface area contributed by atoms with Gasteiger partial charge < -0.3 is 10.0 Å². The molecule has 1 amide bonds. The Balaban J connectivity index is 2.38. The monoisotopic (exact) mass is 295 g/mol. The number of non-ortho nitro benzene ring substituents is 2. The lowest BCUT2D eigenvalue weighted by atomic mass is 10.1. The molecule has 0 bridgehead atoms. The summed E-state index contributed by atoms with van der Waals surface area (Å²) in [7, 11) is 0. The zero-order valence-electron chi connectivity index (χ0n) is 11.0. The Morgan fingerprint density at radius 1 is 1.19 bits per heavy atom. The highest BCUT2D eigenvalue weighted by Crippen LogP contribution is 2.30. The normalized spacial score (nSPS) is 13.8. The fraction of sp³-hybridized carbons (Fsp3) is 0.417. The molecule has 0 atom stereocenters. The standard InChI is InChI=1S/C12H13N3O6/c16-4-3-13(9-1-2-9)12(17)8-5-10(14(18)19)7-11(6-8)15(20)21/h5-7,9,16H,1-4H2. The Labute approximate surface area is 119 Å². The summed E-state index contributed by atoms with van der Waals surface area (Å²) in [5.41, 5.74) is -1.13. The van der Waals surface area contributed by atoms with Crippen LogP contribution in [0.15, 0.2) is 18.2 Å². The summed E-state index contributed by atoms with van der Waals surface area (Å²) in [5.74, 6) is -0.543. The maximum absolute atomic E-state index is 12.3. The number of hydrogen-bond donors (Lipinski definition) is 1. The average molecular weight is 295 g/mol. The first-order valence-corrected chi connectivity index (χ1v) is 6.29. The number of aliphatic hydroxyl groups excluding tert-OH is 1. The molecule has 112 valence electrons. The molecule has 0 saturated heterocycles. The second-order valence-electron chi connectivity index (χ2n) is 4.71. The van der Waals surface area contributed by atoms with E-state index in [1.807, 2.05) is 0 Å². The van der Waals surface area contributed by atoms with Gasteiger partial charge in [0.2, 0.25) is 0 Å². The van der Waals surface area contributed by atoms with Crippen LogP contribution in [0.2, 0.25) is 0 Å². The van der Waals surface area contributed by atoms with Crippen LogP contribution in [0.1, 0.15) is 23.2 Å². The first kappa shape index (κ1) is 14.9. The van der Waals surface area contributed by atoms with E-state index < -0.39 is 27.1 Å². The number of nitrogens with zero attached hydrogens (tertiary/aromatic N) is 3. The van der Waals surface area contributed by atoms with Gasteiger partial charge in [0.15, 0.2) is 0 Å². The van der Waals surface area contributed by atoms with Crippen molar-refractivity contribution in [2.75, 3.05) is 13.2 Å². The highest BCUT2D eigenvalue weighted by molar-refractivity contribution is 5.96. The predicted octanol–water partition coefficient (Wildman–Crippen LogP) is 1.10. The number of amides is 1. The highest BCUT2D eigenvalue weighted by Gasteiger charge is 2.33.